The fourth-order valence-corrected chi connectivity index (χ4v) is 3.19. The zero-order valence-electron chi connectivity index (χ0n) is 13.8. The van der Waals surface area contributed by atoms with Crippen molar-refractivity contribution in [1.29, 1.82) is 0 Å². The summed E-state index contributed by atoms with van der Waals surface area (Å²) in [4.78, 5) is 13.0. The first-order valence-electron chi connectivity index (χ1n) is 7.46. The second-order valence-electron chi connectivity index (χ2n) is 5.78. The van der Waals surface area contributed by atoms with E-state index in [0.29, 0.717) is 5.92 Å². The summed E-state index contributed by atoms with van der Waals surface area (Å²) in [5.41, 5.74) is 3.43. The molecular weight excluding hydrogens is 294 g/mol. The van der Waals surface area contributed by atoms with Crippen molar-refractivity contribution in [3.05, 3.63) is 51.2 Å². The first kappa shape index (κ1) is 16.6. The van der Waals surface area contributed by atoms with E-state index in [4.69, 9.17) is 4.74 Å². The summed E-state index contributed by atoms with van der Waals surface area (Å²) >= 11 is 1.45. The van der Waals surface area contributed by atoms with E-state index < -0.39 is 0 Å². The molecule has 1 aromatic heterocycles. The molecule has 0 aliphatic rings. The minimum absolute atomic E-state index is 0.0242. The Bertz CT molecular complexity index is 647. The topological polar surface area (TPSA) is 38.3 Å². The number of rotatable bonds is 5. The summed E-state index contributed by atoms with van der Waals surface area (Å²) in [7, 11) is 1.70. The molecule has 1 heterocycles. The van der Waals surface area contributed by atoms with Crippen LogP contribution in [0, 0.1) is 6.92 Å². The van der Waals surface area contributed by atoms with E-state index in [9.17, 15) is 4.79 Å². The van der Waals surface area contributed by atoms with E-state index in [-0.39, 0.29) is 11.9 Å². The third kappa shape index (κ3) is 3.50. The van der Waals surface area contributed by atoms with Crippen molar-refractivity contribution in [3.8, 4) is 5.75 Å². The van der Waals surface area contributed by atoms with Crippen LogP contribution in [0.3, 0.4) is 0 Å². The van der Waals surface area contributed by atoms with Gasteiger partial charge in [-0.3, -0.25) is 4.79 Å². The van der Waals surface area contributed by atoms with Crippen molar-refractivity contribution in [1.82, 2.24) is 5.32 Å². The molecule has 0 spiro atoms. The smallest absolute Gasteiger partial charge is 0.261 e. The van der Waals surface area contributed by atoms with E-state index in [1.807, 2.05) is 24.4 Å². The van der Waals surface area contributed by atoms with Gasteiger partial charge in [-0.25, -0.2) is 0 Å². The molecule has 0 aliphatic heterocycles. The van der Waals surface area contributed by atoms with Gasteiger partial charge in [0.15, 0.2) is 0 Å². The summed E-state index contributed by atoms with van der Waals surface area (Å²) in [5, 5.41) is 4.99. The molecule has 1 N–H and O–H groups in total. The zero-order chi connectivity index (χ0) is 16.3. The molecule has 0 saturated heterocycles. The van der Waals surface area contributed by atoms with Crippen LogP contribution in [0.2, 0.25) is 0 Å². The predicted molar refractivity (Wildman–Crippen MR) is 92.0 cm³/mol. The lowest BCUT2D eigenvalue weighted by Gasteiger charge is -2.20. The van der Waals surface area contributed by atoms with Crippen molar-refractivity contribution in [2.24, 2.45) is 0 Å². The largest absolute Gasteiger partial charge is 0.496 e. The molecule has 1 atom stereocenters. The number of aryl methyl sites for hydroxylation is 1. The second-order valence-corrected chi connectivity index (χ2v) is 6.73. The lowest BCUT2D eigenvalue weighted by molar-refractivity contribution is 0.0944. The average Bonchev–Trinajstić information content (AvgIpc) is 3.00. The number of ether oxygens (including phenoxy) is 1. The molecule has 22 heavy (non-hydrogen) atoms. The van der Waals surface area contributed by atoms with E-state index in [1.54, 1.807) is 7.11 Å². The van der Waals surface area contributed by atoms with Crippen molar-refractivity contribution < 1.29 is 9.53 Å². The van der Waals surface area contributed by atoms with E-state index in [0.717, 1.165) is 21.8 Å². The Labute approximate surface area is 136 Å². The van der Waals surface area contributed by atoms with Gasteiger partial charge in [-0.15, -0.1) is 11.3 Å². The summed E-state index contributed by atoms with van der Waals surface area (Å²) in [6, 6.07) is 7.89. The number of methoxy groups -OCH3 is 1. The number of benzene rings is 1. The Kier molecular flexibility index (Phi) is 5.24. The fourth-order valence-electron chi connectivity index (χ4n) is 2.56. The summed E-state index contributed by atoms with van der Waals surface area (Å²) in [6.07, 6.45) is 0. The van der Waals surface area contributed by atoms with Crippen molar-refractivity contribution in [3.63, 3.8) is 0 Å². The summed E-state index contributed by atoms with van der Waals surface area (Å²) in [6.45, 7) is 8.36. The zero-order valence-corrected chi connectivity index (χ0v) is 14.6. The molecular formula is C18H23NO2S. The number of hydrogen-bond acceptors (Lipinski definition) is 3. The summed E-state index contributed by atoms with van der Waals surface area (Å²) < 4.78 is 5.48. The van der Waals surface area contributed by atoms with Gasteiger partial charge in [0, 0.05) is 0 Å². The molecule has 118 valence electrons. The molecule has 0 radical (unpaired) electrons. The van der Waals surface area contributed by atoms with Gasteiger partial charge in [0.1, 0.15) is 5.75 Å². The molecule has 0 unspecified atom stereocenters. The number of amides is 1. The Hall–Kier alpha value is -1.81. The van der Waals surface area contributed by atoms with Crippen LogP contribution in [-0.2, 0) is 0 Å². The van der Waals surface area contributed by atoms with Crippen LogP contribution in [-0.4, -0.2) is 13.0 Å². The molecule has 0 bridgehead atoms. The number of carbonyl (C=O) groups excluding carboxylic acids is 1. The molecule has 4 heteroatoms. The highest BCUT2D eigenvalue weighted by Gasteiger charge is 2.17. The van der Waals surface area contributed by atoms with Gasteiger partial charge in [0.05, 0.1) is 18.0 Å². The highest BCUT2D eigenvalue weighted by atomic mass is 32.1. The molecule has 0 fully saturated rings. The third-order valence-corrected chi connectivity index (χ3v) is 4.67. The molecule has 2 aromatic rings. The van der Waals surface area contributed by atoms with Crippen LogP contribution in [0.15, 0.2) is 29.6 Å². The van der Waals surface area contributed by atoms with Gasteiger partial charge in [-0.2, -0.15) is 0 Å². The Morgan fingerprint density at radius 3 is 2.50 bits per heavy atom. The van der Waals surface area contributed by atoms with Crippen LogP contribution >= 0.6 is 11.3 Å². The third-order valence-electron chi connectivity index (χ3n) is 3.80. The van der Waals surface area contributed by atoms with E-state index >= 15 is 0 Å². The number of nitrogens with one attached hydrogen (secondary N) is 1. The molecule has 0 saturated carbocycles. The van der Waals surface area contributed by atoms with Gasteiger partial charge < -0.3 is 10.1 Å². The highest BCUT2D eigenvalue weighted by molar-refractivity contribution is 7.12. The maximum atomic E-state index is 12.2. The quantitative estimate of drug-likeness (QED) is 0.869. The second kappa shape index (κ2) is 6.97. The Morgan fingerprint density at radius 2 is 1.95 bits per heavy atom. The van der Waals surface area contributed by atoms with E-state index in [2.05, 4.69) is 38.2 Å². The SMILES string of the molecule is COc1cc(C)c([C@@H](C)NC(=O)c2cccs2)cc1C(C)C. The minimum atomic E-state index is -0.0435. The molecule has 0 aliphatic carbocycles. The van der Waals surface area contributed by atoms with Crippen LogP contribution in [0.1, 0.15) is 59.1 Å². The van der Waals surface area contributed by atoms with E-state index in [1.165, 1.54) is 16.9 Å². The highest BCUT2D eigenvalue weighted by Crippen LogP contribution is 2.32. The average molecular weight is 317 g/mol. The fraction of sp³-hybridized carbons (Fsp3) is 0.389. The van der Waals surface area contributed by atoms with Crippen LogP contribution in [0.25, 0.3) is 0 Å². The van der Waals surface area contributed by atoms with Crippen LogP contribution in [0.4, 0.5) is 0 Å². The molecule has 1 aromatic carbocycles. The first-order chi connectivity index (χ1) is 10.4. The van der Waals surface area contributed by atoms with Gasteiger partial charge in [-0.05, 0) is 60.0 Å². The first-order valence-corrected chi connectivity index (χ1v) is 8.34. The van der Waals surface area contributed by atoms with Crippen LogP contribution < -0.4 is 10.1 Å². The lowest BCUT2D eigenvalue weighted by Crippen LogP contribution is -2.26. The maximum absolute atomic E-state index is 12.2. The van der Waals surface area contributed by atoms with Crippen molar-refractivity contribution in [2.75, 3.05) is 7.11 Å². The monoisotopic (exact) mass is 317 g/mol. The normalized spacial score (nSPS) is 12.3. The lowest BCUT2D eigenvalue weighted by atomic mass is 9.93. The number of hydrogen-bond donors (Lipinski definition) is 1. The summed E-state index contributed by atoms with van der Waals surface area (Å²) in [5.74, 6) is 1.26. The van der Waals surface area contributed by atoms with Crippen molar-refractivity contribution in [2.45, 2.75) is 39.7 Å². The van der Waals surface area contributed by atoms with Gasteiger partial charge >= 0.3 is 0 Å². The molecule has 3 nitrogen and oxygen atoms in total. The van der Waals surface area contributed by atoms with Crippen molar-refractivity contribution >= 4 is 17.2 Å². The van der Waals surface area contributed by atoms with Gasteiger partial charge in [0.25, 0.3) is 5.91 Å². The predicted octanol–water partition coefficient (Wildman–Crippen LogP) is 4.68. The number of thiophene rings is 1. The Morgan fingerprint density at radius 1 is 1.23 bits per heavy atom. The minimum Gasteiger partial charge on any atom is -0.496 e. The van der Waals surface area contributed by atoms with Gasteiger partial charge in [-0.1, -0.05) is 19.9 Å². The maximum Gasteiger partial charge on any atom is 0.261 e. The molecule has 2 rings (SSSR count). The van der Waals surface area contributed by atoms with Gasteiger partial charge in [0.2, 0.25) is 0 Å². The molecule has 1 amide bonds. The number of carbonyl (C=O) groups is 1. The standard InChI is InChI=1S/C18H23NO2S/c1-11(2)14-10-15(12(3)9-16(14)21-5)13(4)19-18(20)17-7-6-8-22-17/h6-11,13H,1-5H3,(H,19,20)/t13-/m1/s1. The van der Waals surface area contributed by atoms with Crippen LogP contribution in [0.5, 0.6) is 5.75 Å². The Balaban J connectivity index is 2.27.